The van der Waals surface area contributed by atoms with E-state index in [1.807, 2.05) is 67.4 Å². The van der Waals surface area contributed by atoms with Crippen molar-refractivity contribution in [1.29, 1.82) is 0 Å². The minimum absolute atomic E-state index is 0. The summed E-state index contributed by atoms with van der Waals surface area (Å²) < 4.78 is 8.32. The molecular formula is C30H29Cl5N4O2. The maximum Gasteiger partial charge on any atom is 0.286 e. The van der Waals surface area contributed by atoms with Crippen LogP contribution in [0.1, 0.15) is 49.2 Å². The Hall–Kier alpha value is -2.45. The number of carbonyl (C=O) groups is 1. The van der Waals surface area contributed by atoms with Gasteiger partial charge in [-0.1, -0.05) is 65.5 Å². The Morgan fingerprint density at radius 3 is 2.34 bits per heavy atom. The van der Waals surface area contributed by atoms with Gasteiger partial charge in [-0.15, -0.1) is 24.8 Å². The van der Waals surface area contributed by atoms with Crippen LogP contribution in [-0.2, 0) is 5.60 Å². The Labute approximate surface area is 266 Å². The number of hydrazine groups is 1. The van der Waals surface area contributed by atoms with Crippen molar-refractivity contribution in [3.05, 3.63) is 87.0 Å². The van der Waals surface area contributed by atoms with Gasteiger partial charge in [-0.25, -0.2) is 9.69 Å². The zero-order valence-corrected chi connectivity index (χ0v) is 26.3. The van der Waals surface area contributed by atoms with Gasteiger partial charge in [0, 0.05) is 34.3 Å². The normalized spacial score (nSPS) is 15.4. The molecule has 3 heterocycles. The first-order valence-corrected chi connectivity index (χ1v) is 14.1. The molecule has 11 heteroatoms. The molecule has 1 saturated heterocycles. The van der Waals surface area contributed by atoms with Crippen molar-refractivity contribution in [3.63, 3.8) is 0 Å². The first kappa shape index (κ1) is 31.5. The fourth-order valence-corrected chi connectivity index (χ4v) is 6.15. The maximum absolute atomic E-state index is 13.7. The molecule has 4 aromatic rings. The summed E-state index contributed by atoms with van der Waals surface area (Å²) in [7, 11) is 0. The predicted molar refractivity (Wildman–Crippen MR) is 171 cm³/mol. The first-order valence-electron chi connectivity index (χ1n) is 13.0. The van der Waals surface area contributed by atoms with Crippen LogP contribution in [0, 0.1) is 0 Å². The molecule has 0 saturated carbocycles. The number of ether oxygens (including phenoxy) is 1. The highest BCUT2D eigenvalue weighted by Crippen LogP contribution is 2.49. The summed E-state index contributed by atoms with van der Waals surface area (Å²) in [4.78, 5) is 13.7. The second-order valence-corrected chi connectivity index (χ2v) is 11.6. The Balaban J connectivity index is 0.00000194. The van der Waals surface area contributed by atoms with Crippen molar-refractivity contribution in [2.75, 3.05) is 13.1 Å². The number of aromatic nitrogens is 2. The molecule has 0 spiro atoms. The fourth-order valence-electron chi connectivity index (χ4n) is 5.42. The number of hydrogen-bond donors (Lipinski definition) is 1. The van der Waals surface area contributed by atoms with E-state index in [0.29, 0.717) is 37.8 Å². The largest absolute Gasteiger partial charge is 0.482 e. The summed E-state index contributed by atoms with van der Waals surface area (Å²) >= 11 is 19.4. The molecule has 216 valence electrons. The summed E-state index contributed by atoms with van der Waals surface area (Å²) in [5.74, 6) is 0.393. The van der Waals surface area contributed by atoms with E-state index >= 15 is 0 Å². The van der Waals surface area contributed by atoms with Crippen molar-refractivity contribution >= 4 is 65.5 Å². The molecule has 0 atom stereocenters. The van der Waals surface area contributed by atoms with Gasteiger partial charge in [0.05, 0.1) is 22.0 Å². The van der Waals surface area contributed by atoms with E-state index in [9.17, 15) is 4.79 Å². The Morgan fingerprint density at radius 2 is 1.63 bits per heavy atom. The zero-order chi connectivity index (χ0) is 27.3. The lowest BCUT2D eigenvalue weighted by atomic mass is 9.88. The topological polar surface area (TPSA) is 59.4 Å². The van der Waals surface area contributed by atoms with Crippen LogP contribution in [0.2, 0.25) is 15.1 Å². The molecular weight excluding hydrogens is 626 g/mol. The monoisotopic (exact) mass is 652 g/mol. The fraction of sp³-hybridized carbons (Fsp3) is 0.267. The molecule has 3 aromatic carbocycles. The SMILES string of the molecule is CC1(C)Oc2cc(-c3ccccc3Cl)ccc2-c2c1c(C(=O)NN1CCCCC1)nn2-c1ccc(Cl)cc1Cl.Cl.Cl. The van der Waals surface area contributed by atoms with Gasteiger partial charge >= 0.3 is 0 Å². The van der Waals surface area contributed by atoms with E-state index in [-0.39, 0.29) is 30.7 Å². The van der Waals surface area contributed by atoms with Crippen LogP contribution in [0.3, 0.4) is 0 Å². The third-order valence-electron chi connectivity index (χ3n) is 7.24. The minimum atomic E-state index is -0.868. The van der Waals surface area contributed by atoms with Gasteiger partial charge in [-0.3, -0.25) is 10.2 Å². The smallest absolute Gasteiger partial charge is 0.286 e. The van der Waals surface area contributed by atoms with E-state index in [1.54, 1.807) is 16.8 Å². The molecule has 0 bridgehead atoms. The standard InChI is InChI=1S/C30H27Cl3N4O2.2ClH/c1-30(2)26-27(29(38)35-36-14-6-3-7-15-36)34-37(24-13-11-19(31)17-23(24)33)28(26)21-12-10-18(16-25(21)39-30)20-8-4-5-9-22(20)32;;/h4-5,8-13,16-17H,3,6-7,14-15H2,1-2H3,(H,35,38);2*1H. The molecule has 1 fully saturated rings. The van der Waals surface area contributed by atoms with Crippen molar-refractivity contribution in [1.82, 2.24) is 20.2 Å². The van der Waals surface area contributed by atoms with Gasteiger partial charge in [-0.05, 0) is 68.7 Å². The number of carbonyl (C=O) groups excluding carboxylic acids is 1. The van der Waals surface area contributed by atoms with Crippen LogP contribution in [-0.4, -0.2) is 33.8 Å². The molecule has 0 unspecified atom stereocenters. The van der Waals surface area contributed by atoms with Gasteiger partial charge in [0.1, 0.15) is 11.4 Å². The van der Waals surface area contributed by atoms with Gasteiger partial charge in [0.25, 0.3) is 5.91 Å². The van der Waals surface area contributed by atoms with Crippen LogP contribution in [0.15, 0.2) is 60.7 Å². The lowest BCUT2D eigenvalue weighted by molar-refractivity contribution is 0.0720. The summed E-state index contributed by atoms with van der Waals surface area (Å²) in [6.45, 7) is 5.52. The minimum Gasteiger partial charge on any atom is -0.482 e. The summed E-state index contributed by atoms with van der Waals surface area (Å²) in [5.41, 5.74) is 7.20. The van der Waals surface area contributed by atoms with Crippen molar-refractivity contribution in [2.45, 2.75) is 38.7 Å². The molecule has 0 aliphatic carbocycles. The summed E-state index contributed by atoms with van der Waals surface area (Å²) in [6.07, 6.45) is 3.26. The number of benzene rings is 3. The molecule has 1 aromatic heterocycles. The lowest BCUT2D eigenvalue weighted by Crippen LogP contribution is -2.46. The third kappa shape index (κ3) is 5.92. The zero-order valence-electron chi connectivity index (χ0n) is 22.4. The van der Waals surface area contributed by atoms with Gasteiger partial charge in [0.15, 0.2) is 5.69 Å². The number of nitrogens with zero attached hydrogens (tertiary/aromatic N) is 3. The van der Waals surface area contributed by atoms with Gasteiger partial charge in [-0.2, -0.15) is 5.10 Å². The van der Waals surface area contributed by atoms with Crippen LogP contribution in [0.4, 0.5) is 0 Å². The average Bonchev–Trinajstić information content (AvgIpc) is 3.31. The van der Waals surface area contributed by atoms with Crippen molar-refractivity contribution < 1.29 is 9.53 Å². The number of halogens is 5. The molecule has 2 aliphatic rings. The number of hydrogen-bond acceptors (Lipinski definition) is 4. The van der Waals surface area contributed by atoms with E-state index in [0.717, 1.165) is 48.3 Å². The third-order valence-corrected chi connectivity index (χ3v) is 8.11. The van der Waals surface area contributed by atoms with Gasteiger partial charge < -0.3 is 4.74 Å². The second kappa shape index (κ2) is 12.4. The van der Waals surface area contributed by atoms with Crippen LogP contribution in [0.5, 0.6) is 5.75 Å². The predicted octanol–water partition coefficient (Wildman–Crippen LogP) is 8.77. The molecule has 0 radical (unpaired) electrons. The Bertz CT molecular complexity index is 1600. The first-order chi connectivity index (χ1) is 18.7. The maximum atomic E-state index is 13.7. The highest BCUT2D eigenvalue weighted by molar-refractivity contribution is 6.35. The highest BCUT2D eigenvalue weighted by Gasteiger charge is 2.42. The molecule has 2 aliphatic heterocycles. The van der Waals surface area contributed by atoms with Crippen LogP contribution < -0.4 is 10.2 Å². The Morgan fingerprint density at radius 1 is 0.902 bits per heavy atom. The summed E-state index contributed by atoms with van der Waals surface area (Å²) in [6, 6.07) is 18.9. The number of fused-ring (bicyclic) bond motifs is 3. The lowest BCUT2D eigenvalue weighted by Gasteiger charge is -2.34. The molecule has 41 heavy (non-hydrogen) atoms. The quantitative estimate of drug-likeness (QED) is 0.239. The molecule has 6 nitrogen and oxygen atoms in total. The molecule has 1 amide bonds. The van der Waals surface area contributed by atoms with Gasteiger partial charge in [0.2, 0.25) is 0 Å². The summed E-state index contributed by atoms with van der Waals surface area (Å²) in [5, 5.41) is 8.42. The molecule has 1 N–H and O–H groups in total. The number of nitrogens with one attached hydrogen (secondary N) is 1. The van der Waals surface area contributed by atoms with Crippen LogP contribution in [0.25, 0.3) is 28.1 Å². The Kier molecular flexibility index (Phi) is 9.54. The van der Waals surface area contributed by atoms with Crippen molar-refractivity contribution in [2.24, 2.45) is 0 Å². The second-order valence-electron chi connectivity index (χ2n) is 10.4. The molecule has 6 rings (SSSR count). The van der Waals surface area contributed by atoms with Crippen LogP contribution >= 0.6 is 59.6 Å². The number of rotatable bonds is 4. The highest BCUT2D eigenvalue weighted by atomic mass is 35.5. The van der Waals surface area contributed by atoms with E-state index in [2.05, 4.69) is 5.43 Å². The van der Waals surface area contributed by atoms with E-state index < -0.39 is 5.60 Å². The number of piperidine rings is 1. The average molecular weight is 655 g/mol. The number of amides is 1. The van der Waals surface area contributed by atoms with E-state index in [1.165, 1.54) is 6.42 Å². The van der Waals surface area contributed by atoms with E-state index in [4.69, 9.17) is 44.6 Å². The van der Waals surface area contributed by atoms with Crippen molar-refractivity contribution in [3.8, 4) is 33.8 Å².